The fourth-order valence-electron chi connectivity index (χ4n) is 3.66. The van der Waals surface area contributed by atoms with Gasteiger partial charge in [0.2, 0.25) is 0 Å². The number of benzene rings is 3. The first-order valence-electron chi connectivity index (χ1n) is 10.9. The summed E-state index contributed by atoms with van der Waals surface area (Å²) in [5, 5.41) is 4.79. The topological polar surface area (TPSA) is 97.0 Å². The van der Waals surface area contributed by atoms with Crippen LogP contribution in [-0.2, 0) is 15.8 Å². The van der Waals surface area contributed by atoms with Gasteiger partial charge in [-0.2, -0.15) is 13.2 Å². The maximum absolute atomic E-state index is 13.2. The average molecular weight is 546 g/mol. The fraction of sp³-hybridized carbons (Fsp3) is 0.115. The number of imide groups is 1. The molecule has 1 aliphatic rings. The molecular weight excluding hydrogens is 527 g/mol. The van der Waals surface area contributed by atoms with E-state index >= 15 is 0 Å². The molecule has 3 aromatic rings. The van der Waals surface area contributed by atoms with Crippen molar-refractivity contribution in [1.82, 2.24) is 0 Å². The van der Waals surface area contributed by atoms with E-state index in [1.54, 1.807) is 6.07 Å². The maximum Gasteiger partial charge on any atom is 0.416 e. The molecule has 0 saturated carbocycles. The highest BCUT2D eigenvalue weighted by molar-refractivity contribution is 6.53. The Morgan fingerprint density at radius 3 is 2.29 bits per heavy atom. The molecule has 0 aliphatic carbocycles. The van der Waals surface area contributed by atoms with Crippen molar-refractivity contribution in [3.8, 4) is 11.5 Å². The van der Waals surface area contributed by atoms with Gasteiger partial charge >= 0.3 is 6.18 Å². The first-order chi connectivity index (χ1) is 18.0. The van der Waals surface area contributed by atoms with Gasteiger partial charge in [-0.05, 0) is 48.5 Å². The van der Waals surface area contributed by atoms with E-state index in [0.717, 1.165) is 17.0 Å². The Balaban J connectivity index is 1.55. The predicted octanol–water partition coefficient (Wildman–Crippen LogP) is 5.41. The number of nitrogens with zero attached hydrogens (tertiary/aromatic N) is 1. The molecule has 1 heterocycles. The summed E-state index contributed by atoms with van der Waals surface area (Å²) in [5.74, 6) is -1.60. The van der Waals surface area contributed by atoms with Crippen LogP contribution in [0.25, 0.3) is 0 Å². The highest BCUT2D eigenvalue weighted by Gasteiger charge is 2.40. The van der Waals surface area contributed by atoms with E-state index in [0.29, 0.717) is 5.75 Å². The summed E-state index contributed by atoms with van der Waals surface area (Å²) in [6, 6.07) is 14.5. The van der Waals surface area contributed by atoms with E-state index in [4.69, 9.17) is 21.1 Å². The lowest BCUT2D eigenvalue weighted by Crippen LogP contribution is -2.32. The molecule has 0 saturated heterocycles. The van der Waals surface area contributed by atoms with Gasteiger partial charge in [-0.1, -0.05) is 23.7 Å². The van der Waals surface area contributed by atoms with Crippen LogP contribution in [0.4, 0.5) is 30.2 Å². The number of halogens is 4. The lowest BCUT2D eigenvalue weighted by molar-refractivity contribution is -0.137. The third kappa shape index (κ3) is 5.28. The Morgan fingerprint density at radius 2 is 1.61 bits per heavy atom. The molecule has 0 atom stereocenters. The fourth-order valence-corrected chi connectivity index (χ4v) is 3.87. The molecule has 2 N–H and O–H groups in total. The summed E-state index contributed by atoms with van der Waals surface area (Å²) in [7, 11) is 2.82. The molecule has 0 bridgehead atoms. The van der Waals surface area contributed by atoms with Gasteiger partial charge < -0.3 is 20.1 Å². The van der Waals surface area contributed by atoms with Crippen molar-refractivity contribution >= 4 is 46.4 Å². The van der Waals surface area contributed by atoms with Gasteiger partial charge in [-0.3, -0.25) is 14.4 Å². The summed E-state index contributed by atoms with van der Waals surface area (Å²) >= 11 is 6.20. The standard InChI is InChI=1S/C26H19ClF3N3O5/c1-37-18-9-10-19(20(13-18)38-2)33-24(35)21(27)22(25(33)36)31-16-7-3-5-14(11-16)23(34)32-17-8-4-6-15(12-17)26(28,29)30/h3-13,31H,1-2H3,(H,32,34). The number of carbonyl (C=O) groups excluding carboxylic acids is 3. The second-order valence-electron chi connectivity index (χ2n) is 7.91. The van der Waals surface area contributed by atoms with Crippen molar-refractivity contribution < 1.29 is 37.0 Å². The first kappa shape index (κ1) is 26.6. The third-order valence-electron chi connectivity index (χ3n) is 5.50. The summed E-state index contributed by atoms with van der Waals surface area (Å²) < 4.78 is 49.3. The SMILES string of the molecule is COc1ccc(N2C(=O)C(Cl)=C(Nc3cccc(C(=O)Nc4cccc(C(F)(F)F)c4)c3)C2=O)c(OC)c1. The molecule has 0 fully saturated rings. The summed E-state index contributed by atoms with van der Waals surface area (Å²) in [4.78, 5) is 39.6. The Hall–Kier alpha value is -4.51. The van der Waals surface area contributed by atoms with Gasteiger partial charge in [-0.15, -0.1) is 0 Å². The number of ether oxygens (including phenoxy) is 2. The number of rotatable bonds is 7. The third-order valence-corrected chi connectivity index (χ3v) is 5.85. The van der Waals surface area contributed by atoms with Gasteiger partial charge in [-0.25, -0.2) is 4.90 Å². The second-order valence-corrected chi connectivity index (χ2v) is 8.29. The van der Waals surface area contributed by atoms with Gasteiger partial charge in [0.15, 0.2) is 0 Å². The largest absolute Gasteiger partial charge is 0.497 e. The van der Waals surface area contributed by atoms with Crippen LogP contribution in [0.2, 0.25) is 0 Å². The molecule has 3 amide bonds. The van der Waals surface area contributed by atoms with Crippen LogP contribution in [0.3, 0.4) is 0 Å². The van der Waals surface area contributed by atoms with Crippen LogP contribution < -0.4 is 25.0 Å². The zero-order valence-corrected chi connectivity index (χ0v) is 20.6. The first-order valence-corrected chi connectivity index (χ1v) is 11.3. The monoisotopic (exact) mass is 545 g/mol. The molecule has 0 radical (unpaired) electrons. The summed E-state index contributed by atoms with van der Waals surface area (Å²) in [5.41, 5.74) is -0.726. The van der Waals surface area contributed by atoms with Gasteiger partial charge in [0.05, 0.1) is 25.5 Å². The average Bonchev–Trinajstić information content (AvgIpc) is 3.11. The molecular formula is C26H19ClF3N3O5. The van der Waals surface area contributed by atoms with Crippen LogP contribution >= 0.6 is 11.6 Å². The van der Waals surface area contributed by atoms with Crippen molar-refractivity contribution in [3.05, 3.63) is 88.6 Å². The van der Waals surface area contributed by atoms with Crippen molar-refractivity contribution in [3.63, 3.8) is 0 Å². The minimum absolute atomic E-state index is 0.0467. The number of hydrogen-bond acceptors (Lipinski definition) is 6. The van der Waals surface area contributed by atoms with E-state index < -0.39 is 29.5 Å². The Kier molecular flexibility index (Phi) is 7.31. The van der Waals surface area contributed by atoms with E-state index in [-0.39, 0.29) is 39.1 Å². The molecule has 0 aromatic heterocycles. The number of nitrogens with one attached hydrogen (secondary N) is 2. The van der Waals surface area contributed by atoms with Crippen LogP contribution in [0.1, 0.15) is 15.9 Å². The van der Waals surface area contributed by atoms with Crippen LogP contribution in [0, 0.1) is 0 Å². The smallest absolute Gasteiger partial charge is 0.416 e. The van der Waals surface area contributed by atoms with Crippen molar-refractivity contribution in [2.75, 3.05) is 29.8 Å². The Morgan fingerprint density at radius 1 is 0.895 bits per heavy atom. The lowest BCUT2D eigenvalue weighted by atomic mass is 10.1. The van der Waals surface area contributed by atoms with Crippen LogP contribution in [0.5, 0.6) is 11.5 Å². The van der Waals surface area contributed by atoms with E-state index in [2.05, 4.69) is 10.6 Å². The Labute approximate surface area is 219 Å². The highest BCUT2D eigenvalue weighted by Crippen LogP contribution is 2.38. The van der Waals surface area contributed by atoms with Crippen LogP contribution in [0.15, 0.2) is 77.5 Å². The minimum Gasteiger partial charge on any atom is -0.497 e. The van der Waals surface area contributed by atoms with Crippen LogP contribution in [-0.4, -0.2) is 31.9 Å². The normalized spacial score (nSPS) is 13.6. The zero-order chi connectivity index (χ0) is 27.6. The number of alkyl halides is 3. The van der Waals surface area contributed by atoms with Gasteiger partial charge in [0.1, 0.15) is 22.2 Å². The number of carbonyl (C=O) groups is 3. The second kappa shape index (κ2) is 10.5. The van der Waals surface area contributed by atoms with Gasteiger partial charge in [0, 0.05) is 23.0 Å². The number of methoxy groups -OCH3 is 2. The number of hydrogen-bond donors (Lipinski definition) is 2. The maximum atomic E-state index is 13.2. The summed E-state index contributed by atoms with van der Waals surface area (Å²) in [6.07, 6.45) is -4.56. The number of amides is 3. The van der Waals surface area contributed by atoms with Crippen molar-refractivity contribution in [2.45, 2.75) is 6.18 Å². The lowest BCUT2D eigenvalue weighted by Gasteiger charge is -2.18. The van der Waals surface area contributed by atoms with Crippen molar-refractivity contribution in [2.24, 2.45) is 0 Å². The van der Waals surface area contributed by atoms with E-state index in [1.807, 2.05) is 0 Å². The Bertz CT molecular complexity index is 1470. The van der Waals surface area contributed by atoms with Crippen molar-refractivity contribution in [1.29, 1.82) is 0 Å². The molecule has 3 aromatic carbocycles. The quantitative estimate of drug-likeness (QED) is 0.385. The van der Waals surface area contributed by atoms with Gasteiger partial charge in [0.25, 0.3) is 17.7 Å². The predicted molar refractivity (Wildman–Crippen MR) is 134 cm³/mol. The molecule has 0 unspecified atom stereocenters. The molecule has 12 heteroatoms. The highest BCUT2D eigenvalue weighted by atomic mass is 35.5. The minimum atomic E-state index is -4.56. The molecule has 0 spiro atoms. The summed E-state index contributed by atoms with van der Waals surface area (Å²) in [6.45, 7) is 0. The molecule has 38 heavy (non-hydrogen) atoms. The number of anilines is 3. The molecule has 8 nitrogen and oxygen atoms in total. The molecule has 1 aliphatic heterocycles. The van der Waals surface area contributed by atoms with E-state index in [1.165, 1.54) is 62.8 Å². The molecule has 4 rings (SSSR count). The zero-order valence-electron chi connectivity index (χ0n) is 19.9. The van der Waals surface area contributed by atoms with E-state index in [9.17, 15) is 27.6 Å². The molecule has 196 valence electrons.